The van der Waals surface area contributed by atoms with Crippen LogP contribution >= 0.6 is 0 Å². The summed E-state index contributed by atoms with van der Waals surface area (Å²) in [5.74, 6) is 0.757. The Morgan fingerprint density at radius 2 is 2.08 bits per heavy atom. The van der Waals surface area contributed by atoms with E-state index < -0.39 is 21.6 Å². The lowest BCUT2D eigenvalue weighted by atomic mass is 10.1. The molecule has 1 aliphatic heterocycles. The fourth-order valence-electron chi connectivity index (χ4n) is 2.68. The first kappa shape index (κ1) is 17.3. The molecule has 2 heterocycles. The zero-order valence-corrected chi connectivity index (χ0v) is 14.9. The van der Waals surface area contributed by atoms with Crippen LogP contribution in [-0.4, -0.2) is 24.8 Å². The minimum Gasteiger partial charge on any atom is -0.306 e. The van der Waals surface area contributed by atoms with Gasteiger partial charge in [-0.05, 0) is 26.8 Å². The predicted octanol–water partition coefficient (Wildman–Crippen LogP) is 2.56. The Labute approximate surface area is 146 Å². The Bertz CT molecular complexity index is 898. The Morgan fingerprint density at radius 1 is 1.36 bits per heavy atom. The first-order valence-electron chi connectivity index (χ1n) is 7.69. The van der Waals surface area contributed by atoms with Crippen LogP contribution in [-0.2, 0) is 27.8 Å². The van der Waals surface area contributed by atoms with Gasteiger partial charge in [-0.2, -0.15) is 5.10 Å². The number of carbonyl (C=O) groups is 1. The number of anilines is 1. The third-order valence-corrected chi connectivity index (χ3v) is 5.06. The van der Waals surface area contributed by atoms with E-state index in [0.29, 0.717) is 17.3 Å². The molecule has 25 heavy (non-hydrogen) atoms. The van der Waals surface area contributed by atoms with Gasteiger partial charge in [0.25, 0.3) is 11.6 Å². The predicted molar refractivity (Wildman–Crippen MR) is 93.8 cm³/mol. The molecule has 1 amide bonds. The van der Waals surface area contributed by atoms with Crippen molar-refractivity contribution in [2.45, 2.75) is 37.8 Å². The monoisotopic (exact) mass is 362 g/mol. The van der Waals surface area contributed by atoms with Crippen LogP contribution in [0.4, 0.5) is 11.5 Å². The molecule has 1 aromatic heterocycles. The van der Waals surface area contributed by atoms with E-state index in [1.807, 2.05) is 20.8 Å². The maximum atomic E-state index is 12.6. The average molecular weight is 362 g/mol. The molecule has 1 N–H and O–H groups in total. The van der Waals surface area contributed by atoms with Crippen LogP contribution < -0.4 is 5.32 Å². The molecule has 0 unspecified atom stereocenters. The fraction of sp³-hybridized carbons (Fsp3) is 0.375. The second-order valence-corrected chi connectivity index (χ2v) is 8.30. The van der Waals surface area contributed by atoms with Gasteiger partial charge in [-0.25, -0.2) is 4.68 Å². The van der Waals surface area contributed by atoms with E-state index in [1.165, 1.54) is 24.3 Å². The minimum atomic E-state index is -1.02. The molecule has 0 fully saturated rings. The molecule has 0 bridgehead atoms. The third-order valence-electron chi connectivity index (χ3n) is 3.86. The van der Waals surface area contributed by atoms with Crippen LogP contribution in [0.25, 0.3) is 0 Å². The number of rotatable bonds is 3. The molecule has 0 spiro atoms. The Morgan fingerprint density at radius 3 is 2.72 bits per heavy atom. The van der Waals surface area contributed by atoms with Crippen LogP contribution in [0, 0.1) is 10.1 Å². The molecule has 9 heteroatoms. The summed E-state index contributed by atoms with van der Waals surface area (Å²) in [4.78, 5) is 22.9. The smallest absolute Gasteiger partial charge is 0.270 e. The van der Waals surface area contributed by atoms with Crippen molar-refractivity contribution in [1.82, 2.24) is 9.78 Å². The van der Waals surface area contributed by atoms with Gasteiger partial charge in [0.2, 0.25) is 0 Å². The van der Waals surface area contributed by atoms with E-state index in [4.69, 9.17) is 0 Å². The Hall–Kier alpha value is -2.55. The number of hydrogen-bond acceptors (Lipinski definition) is 5. The van der Waals surface area contributed by atoms with Crippen molar-refractivity contribution < 1.29 is 13.9 Å². The van der Waals surface area contributed by atoms with Crippen molar-refractivity contribution in [1.29, 1.82) is 0 Å². The number of nitrogens with one attached hydrogen (secondary N) is 1. The number of nitrogens with zero attached hydrogens (tertiary/aromatic N) is 3. The summed E-state index contributed by atoms with van der Waals surface area (Å²) in [5.41, 5.74) is 1.15. The minimum absolute atomic E-state index is 0.150. The number of fused-ring (bicyclic) bond motifs is 1. The van der Waals surface area contributed by atoms with Gasteiger partial charge in [0, 0.05) is 34.1 Å². The number of nitro groups is 1. The molecule has 0 radical (unpaired) electrons. The molecule has 3 rings (SSSR count). The van der Waals surface area contributed by atoms with E-state index >= 15 is 0 Å². The van der Waals surface area contributed by atoms with Crippen LogP contribution in [0.1, 0.15) is 42.4 Å². The molecule has 1 atom stereocenters. The highest BCUT2D eigenvalue weighted by atomic mass is 32.2. The van der Waals surface area contributed by atoms with E-state index in [0.717, 1.165) is 11.3 Å². The van der Waals surface area contributed by atoms with E-state index in [9.17, 15) is 19.1 Å². The quantitative estimate of drug-likeness (QED) is 0.667. The topological polar surface area (TPSA) is 107 Å². The summed E-state index contributed by atoms with van der Waals surface area (Å²) in [5, 5.41) is 18.2. The highest BCUT2D eigenvalue weighted by Gasteiger charge is 2.31. The summed E-state index contributed by atoms with van der Waals surface area (Å²) < 4.78 is 13.5. The molecule has 0 aliphatic carbocycles. The van der Waals surface area contributed by atoms with Gasteiger partial charge in [0.1, 0.15) is 5.82 Å². The van der Waals surface area contributed by atoms with E-state index in [1.54, 1.807) is 4.68 Å². The summed E-state index contributed by atoms with van der Waals surface area (Å²) in [6.45, 7) is 5.86. The number of aromatic nitrogens is 2. The van der Waals surface area contributed by atoms with Crippen molar-refractivity contribution >= 4 is 28.2 Å². The van der Waals surface area contributed by atoms with Gasteiger partial charge in [0.15, 0.2) is 0 Å². The zero-order valence-electron chi connectivity index (χ0n) is 14.1. The van der Waals surface area contributed by atoms with Crippen molar-refractivity contribution in [2.75, 3.05) is 5.32 Å². The molecule has 132 valence electrons. The average Bonchev–Trinajstić information content (AvgIpc) is 3.04. The number of non-ortho nitro benzene ring substituents is 1. The molecule has 1 aromatic carbocycles. The zero-order chi connectivity index (χ0) is 18.4. The second-order valence-electron chi connectivity index (χ2n) is 6.85. The first-order valence-corrected chi connectivity index (χ1v) is 9.17. The fourth-order valence-corrected chi connectivity index (χ4v) is 3.95. The molecule has 0 saturated heterocycles. The Kier molecular flexibility index (Phi) is 4.19. The highest BCUT2D eigenvalue weighted by Crippen LogP contribution is 2.33. The maximum absolute atomic E-state index is 12.6. The van der Waals surface area contributed by atoms with Crippen molar-refractivity contribution in [2.24, 2.45) is 0 Å². The van der Waals surface area contributed by atoms with Gasteiger partial charge in [-0.15, -0.1) is 0 Å². The van der Waals surface area contributed by atoms with Crippen molar-refractivity contribution in [3.63, 3.8) is 0 Å². The first-order chi connectivity index (χ1) is 11.7. The molecule has 0 saturated carbocycles. The highest BCUT2D eigenvalue weighted by molar-refractivity contribution is 7.83. The summed E-state index contributed by atoms with van der Waals surface area (Å²) in [7, 11) is -1.02. The molecular weight excluding hydrogens is 344 g/mol. The van der Waals surface area contributed by atoms with Crippen LogP contribution in [0.5, 0.6) is 0 Å². The lowest BCUT2D eigenvalue weighted by molar-refractivity contribution is -0.384. The molecule has 8 nitrogen and oxygen atoms in total. The van der Waals surface area contributed by atoms with Gasteiger partial charge in [0.05, 0.1) is 27.7 Å². The summed E-state index contributed by atoms with van der Waals surface area (Å²) in [6, 6.07) is 5.54. The summed E-state index contributed by atoms with van der Waals surface area (Å²) in [6.07, 6.45) is 0. The molecular formula is C16H18N4O4S. The number of nitro benzene ring substituents is 1. The number of carbonyl (C=O) groups excluding carboxylic acids is 1. The van der Waals surface area contributed by atoms with Crippen LogP contribution in [0.15, 0.2) is 24.3 Å². The number of benzene rings is 1. The van der Waals surface area contributed by atoms with Crippen LogP contribution in [0.2, 0.25) is 0 Å². The van der Waals surface area contributed by atoms with Gasteiger partial charge in [-0.1, -0.05) is 6.07 Å². The standard InChI is InChI=1S/C16H18N4O4S/c1-16(2,3)19-14(12-8-25(24)9-13(12)18-19)17-15(21)10-5-4-6-11(7-10)20(22)23/h4-7H,8-9H2,1-3H3,(H,17,21)/t25-/m0/s1. The van der Waals surface area contributed by atoms with Gasteiger partial charge >= 0.3 is 0 Å². The summed E-state index contributed by atoms with van der Waals surface area (Å²) >= 11 is 0. The SMILES string of the molecule is CC(C)(C)n1nc2c(c1NC(=O)c1cccc([N+](=O)[O-])c1)C[S@](=O)C2. The van der Waals surface area contributed by atoms with E-state index in [-0.39, 0.29) is 16.8 Å². The number of hydrogen-bond donors (Lipinski definition) is 1. The van der Waals surface area contributed by atoms with Crippen LogP contribution in [0.3, 0.4) is 0 Å². The Balaban J connectivity index is 1.98. The molecule has 1 aliphatic rings. The van der Waals surface area contributed by atoms with Gasteiger partial charge < -0.3 is 5.32 Å². The van der Waals surface area contributed by atoms with Gasteiger partial charge in [-0.3, -0.25) is 19.1 Å². The lowest BCUT2D eigenvalue weighted by Gasteiger charge is -2.23. The van der Waals surface area contributed by atoms with Crippen molar-refractivity contribution in [3.8, 4) is 0 Å². The lowest BCUT2D eigenvalue weighted by Crippen LogP contribution is -2.27. The molecule has 2 aromatic rings. The van der Waals surface area contributed by atoms with Crippen molar-refractivity contribution in [3.05, 3.63) is 51.2 Å². The van der Waals surface area contributed by atoms with E-state index in [2.05, 4.69) is 10.4 Å². The second kappa shape index (κ2) is 6.07. The third kappa shape index (κ3) is 3.32. The largest absolute Gasteiger partial charge is 0.306 e. The number of amides is 1. The maximum Gasteiger partial charge on any atom is 0.270 e. The normalized spacial score (nSPS) is 16.5.